The van der Waals surface area contributed by atoms with Crippen LogP contribution in [0.4, 0.5) is 0 Å². The summed E-state index contributed by atoms with van der Waals surface area (Å²) >= 11 is 1.41. The minimum atomic E-state index is -0.163. The monoisotopic (exact) mass is 427 g/mol. The van der Waals surface area contributed by atoms with Crippen molar-refractivity contribution in [1.82, 2.24) is 25.3 Å². The molecule has 5 aromatic rings. The van der Waals surface area contributed by atoms with Gasteiger partial charge in [-0.1, -0.05) is 77.6 Å². The number of rotatable bonds is 6. The lowest BCUT2D eigenvalue weighted by Crippen LogP contribution is -2.00. The molecule has 1 atom stereocenters. The Morgan fingerprint density at radius 1 is 0.774 bits per heavy atom. The van der Waals surface area contributed by atoms with E-state index in [0.717, 1.165) is 22.5 Å². The molecule has 0 saturated carbocycles. The molecule has 0 fully saturated rings. The van der Waals surface area contributed by atoms with Crippen molar-refractivity contribution in [2.75, 3.05) is 0 Å². The van der Waals surface area contributed by atoms with Crippen LogP contribution in [0.1, 0.15) is 18.1 Å². The Bertz CT molecular complexity index is 1270. The van der Waals surface area contributed by atoms with Gasteiger partial charge in [0.1, 0.15) is 11.4 Å². The van der Waals surface area contributed by atoms with Gasteiger partial charge in [0.2, 0.25) is 16.9 Å². The van der Waals surface area contributed by atoms with E-state index in [0.29, 0.717) is 22.6 Å². The van der Waals surface area contributed by atoms with Crippen molar-refractivity contribution in [3.05, 3.63) is 85.0 Å². The van der Waals surface area contributed by atoms with Crippen molar-refractivity contribution in [2.45, 2.75) is 17.3 Å². The van der Waals surface area contributed by atoms with Gasteiger partial charge in [0.25, 0.3) is 0 Å². The summed E-state index contributed by atoms with van der Waals surface area (Å²) in [7, 11) is 0. The number of thioether (sulfide) groups is 1. The minimum absolute atomic E-state index is 0.163. The summed E-state index contributed by atoms with van der Waals surface area (Å²) in [5.74, 6) is 1.44. The van der Waals surface area contributed by atoms with Crippen molar-refractivity contribution in [1.29, 1.82) is 0 Å². The molecule has 2 aromatic carbocycles. The van der Waals surface area contributed by atoms with Gasteiger partial charge in [0, 0.05) is 11.1 Å². The second-order valence-electron chi connectivity index (χ2n) is 6.72. The Hall–Kier alpha value is -3.78. The summed E-state index contributed by atoms with van der Waals surface area (Å²) in [5.41, 5.74) is 3.45. The summed E-state index contributed by atoms with van der Waals surface area (Å²) in [6.45, 7) is 1.96. The Balaban J connectivity index is 1.46. The topological polar surface area (TPSA) is 90.7 Å². The Morgan fingerprint density at radius 2 is 1.48 bits per heavy atom. The molecule has 5 rings (SSSR count). The van der Waals surface area contributed by atoms with Crippen LogP contribution in [0.3, 0.4) is 0 Å². The first-order valence-corrected chi connectivity index (χ1v) is 10.6. The second kappa shape index (κ2) is 8.53. The fourth-order valence-electron chi connectivity index (χ4n) is 3.06. The van der Waals surface area contributed by atoms with Gasteiger partial charge in [-0.2, -0.15) is 4.98 Å². The molecule has 8 heteroatoms. The van der Waals surface area contributed by atoms with E-state index in [1.54, 1.807) is 18.4 Å². The highest BCUT2D eigenvalue weighted by atomic mass is 32.2. The van der Waals surface area contributed by atoms with Crippen molar-refractivity contribution in [3.63, 3.8) is 0 Å². The Kier molecular flexibility index (Phi) is 5.28. The molecule has 0 amide bonds. The first-order chi connectivity index (χ1) is 15.3. The van der Waals surface area contributed by atoms with Gasteiger partial charge in [0.15, 0.2) is 5.76 Å². The van der Waals surface area contributed by atoms with Crippen LogP contribution in [0.5, 0.6) is 0 Å². The molecule has 0 unspecified atom stereocenters. The molecule has 0 aliphatic carbocycles. The summed E-state index contributed by atoms with van der Waals surface area (Å²) in [4.78, 5) is 9.25. The molecule has 3 heterocycles. The van der Waals surface area contributed by atoms with Crippen LogP contribution in [0.2, 0.25) is 0 Å². The van der Waals surface area contributed by atoms with Crippen molar-refractivity contribution < 1.29 is 8.94 Å². The van der Waals surface area contributed by atoms with Crippen LogP contribution in [0, 0.1) is 0 Å². The Labute approximate surface area is 182 Å². The molecule has 0 bridgehead atoms. The molecule has 31 heavy (non-hydrogen) atoms. The lowest BCUT2D eigenvalue weighted by atomic mass is 10.0. The van der Waals surface area contributed by atoms with Crippen LogP contribution >= 0.6 is 11.8 Å². The minimum Gasteiger partial charge on any atom is -0.461 e. The average Bonchev–Trinajstić information content (AvgIpc) is 3.52. The molecule has 0 aliphatic heterocycles. The largest absolute Gasteiger partial charge is 0.461 e. The molecular weight excluding hydrogens is 410 g/mol. The zero-order valence-corrected chi connectivity index (χ0v) is 17.4. The maximum absolute atomic E-state index is 5.41. The summed E-state index contributed by atoms with van der Waals surface area (Å²) in [5, 5.41) is 13.2. The van der Waals surface area contributed by atoms with E-state index in [1.807, 2.05) is 67.6 Å². The third kappa shape index (κ3) is 4.10. The predicted octanol–water partition coefficient (Wildman–Crippen LogP) is 5.70. The summed E-state index contributed by atoms with van der Waals surface area (Å²) in [6.07, 6.45) is 1.57. The van der Waals surface area contributed by atoms with Gasteiger partial charge in [-0.05, 0) is 19.1 Å². The first kappa shape index (κ1) is 19.2. The zero-order chi connectivity index (χ0) is 21.0. The molecule has 0 radical (unpaired) electrons. The second-order valence-corrected chi connectivity index (χ2v) is 8.03. The number of aromatic nitrogens is 5. The predicted molar refractivity (Wildman–Crippen MR) is 117 cm³/mol. The molecule has 0 spiro atoms. The molecule has 7 nitrogen and oxygen atoms in total. The average molecular weight is 427 g/mol. The molecule has 0 N–H and O–H groups in total. The number of furan rings is 1. The quantitative estimate of drug-likeness (QED) is 0.319. The van der Waals surface area contributed by atoms with Gasteiger partial charge in [-0.25, -0.2) is 4.98 Å². The molecule has 0 saturated heterocycles. The number of hydrogen-bond acceptors (Lipinski definition) is 8. The highest BCUT2D eigenvalue weighted by molar-refractivity contribution is 7.99. The molecule has 152 valence electrons. The highest BCUT2D eigenvalue weighted by Crippen LogP contribution is 2.35. The van der Waals surface area contributed by atoms with Gasteiger partial charge in [-0.3, -0.25) is 0 Å². The molecule has 0 aliphatic rings. The van der Waals surface area contributed by atoms with Crippen LogP contribution in [0.15, 0.2) is 93.2 Å². The van der Waals surface area contributed by atoms with E-state index in [9.17, 15) is 0 Å². The SMILES string of the molecule is C[C@@H](Sc1nnc(-c2ccccc2)c(-c2ccccc2)n1)c1nc(-c2ccco2)no1. The Morgan fingerprint density at radius 3 is 2.16 bits per heavy atom. The lowest BCUT2D eigenvalue weighted by Gasteiger charge is -2.10. The van der Waals surface area contributed by atoms with E-state index in [2.05, 4.69) is 20.3 Å². The van der Waals surface area contributed by atoms with E-state index in [4.69, 9.17) is 13.9 Å². The van der Waals surface area contributed by atoms with Gasteiger partial charge < -0.3 is 8.94 Å². The van der Waals surface area contributed by atoms with E-state index >= 15 is 0 Å². The van der Waals surface area contributed by atoms with Crippen molar-refractivity contribution >= 4 is 11.8 Å². The van der Waals surface area contributed by atoms with E-state index < -0.39 is 0 Å². The zero-order valence-electron chi connectivity index (χ0n) is 16.5. The van der Waals surface area contributed by atoms with Crippen LogP contribution in [-0.2, 0) is 0 Å². The normalized spacial score (nSPS) is 12.0. The highest BCUT2D eigenvalue weighted by Gasteiger charge is 2.21. The van der Waals surface area contributed by atoms with Crippen molar-refractivity contribution in [3.8, 4) is 34.1 Å². The fourth-order valence-corrected chi connectivity index (χ4v) is 3.81. The standard InChI is InChI=1S/C23H17N5O2S/c1-15(22-25-21(28-30-22)18-13-8-14-29-18)31-23-24-19(16-9-4-2-5-10-16)20(26-27-23)17-11-6-3-7-12-17/h2-15H,1H3/t15-/m1/s1. The van der Waals surface area contributed by atoms with Crippen LogP contribution in [0.25, 0.3) is 34.1 Å². The maximum atomic E-state index is 5.41. The van der Waals surface area contributed by atoms with Crippen molar-refractivity contribution in [2.24, 2.45) is 0 Å². The van der Waals surface area contributed by atoms with E-state index in [1.165, 1.54) is 11.8 Å². The van der Waals surface area contributed by atoms with Gasteiger partial charge in [0.05, 0.1) is 11.5 Å². The molecule has 3 aromatic heterocycles. The van der Waals surface area contributed by atoms with Gasteiger partial charge >= 0.3 is 0 Å². The number of benzene rings is 2. The summed E-state index contributed by atoms with van der Waals surface area (Å²) in [6, 6.07) is 23.5. The lowest BCUT2D eigenvalue weighted by molar-refractivity contribution is 0.379. The third-order valence-electron chi connectivity index (χ3n) is 4.58. The smallest absolute Gasteiger partial charge is 0.240 e. The van der Waals surface area contributed by atoms with E-state index in [-0.39, 0.29) is 5.25 Å². The van der Waals surface area contributed by atoms with Crippen LogP contribution < -0.4 is 0 Å². The first-order valence-electron chi connectivity index (χ1n) is 9.67. The maximum Gasteiger partial charge on any atom is 0.240 e. The summed E-state index contributed by atoms with van der Waals surface area (Å²) < 4.78 is 10.7. The third-order valence-corrected chi connectivity index (χ3v) is 5.51. The fraction of sp³-hybridized carbons (Fsp3) is 0.0870. The van der Waals surface area contributed by atoms with Gasteiger partial charge in [-0.15, -0.1) is 10.2 Å². The number of nitrogens with zero attached hydrogens (tertiary/aromatic N) is 5. The number of hydrogen-bond donors (Lipinski definition) is 0. The molecular formula is C23H17N5O2S. The van der Waals surface area contributed by atoms with Crippen LogP contribution in [-0.4, -0.2) is 25.3 Å².